The van der Waals surface area contributed by atoms with Crippen LogP contribution < -0.4 is 5.32 Å². The van der Waals surface area contributed by atoms with Crippen LogP contribution in [0.25, 0.3) is 0 Å². The number of hydrogen-bond donors (Lipinski definition) is 1. The van der Waals surface area contributed by atoms with Crippen LogP contribution in [0.3, 0.4) is 0 Å². The molecular formula is C15H28N2O. The Morgan fingerprint density at radius 1 is 1.44 bits per heavy atom. The molecule has 1 amide bonds. The first-order valence-corrected chi connectivity index (χ1v) is 6.93. The lowest BCUT2D eigenvalue weighted by Gasteiger charge is -2.29. The predicted octanol–water partition coefficient (Wildman–Crippen LogP) is 2.44. The van der Waals surface area contributed by atoms with E-state index in [0.29, 0.717) is 30.2 Å². The van der Waals surface area contributed by atoms with Crippen molar-refractivity contribution in [3.05, 3.63) is 12.2 Å². The molecular weight excluding hydrogens is 224 g/mol. The van der Waals surface area contributed by atoms with Crippen LogP contribution in [0.1, 0.15) is 40.0 Å². The number of likely N-dealkylation sites (N-methyl/N-ethyl adjacent to an activating group) is 1. The lowest BCUT2D eigenvalue weighted by atomic mass is 9.77. The maximum Gasteiger partial charge on any atom is 0.222 e. The fraction of sp³-hybridized carbons (Fsp3) is 0.800. The van der Waals surface area contributed by atoms with Crippen LogP contribution in [0.5, 0.6) is 0 Å². The summed E-state index contributed by atoms with van der Waals surface area (Å²) in [7, 11) is 1.91. The van der Waals surface area contributed by atoms with Crippen molar-refractivity contribution in [3.8, 4) is 0 Å². The average molecular weight is 252 g/mol. The van der Waals surface area contributed by atoms with Gasteiger partial charge < -0.3 is 10.2 Å². The van der Waals surface area contributed by atoms with Crippen molar-refractivity contribution in [2.75, 3.05) is 26.7 Å². The topological polar surface area (TPSA) is 32.3 Å². The SMILES string of the molecule is C=C(CNC)CN1CCC(C(C)(C)C)CCC1=O. The maximum atomic E-state index is 12.1. The quantitative estimate of drug-likeness (QED) is 0.779. The molecule has 0 bridgehead atoms. The summed E-state index contributed by atoms with van der Waals surface area (Å²) >= 11 is 0. The molecule has 3 nitrogen and oxygen atoms in total. The van der Waals surface area contributed by atoms with Gasteiger partial charge >= 0.3 is 0 Å². The molecule has 0 aromatic heterocycles. The van der Waals surface area contributed by atoms with Crippen LogP contribution >= 0.6 is 0 Å². The molecule has 1 fully saturated rings. The molecule has 1 N–H and O–H groups in total. The van der Waals surface area contributed by atoms with Gasteiger partial charge in [0, 0.05) is 26.1 Å². The van der Waals surface area contributed by atoms with E-state index in [1.807, 2.05) is 11.9 Å². The molecule has 1 unspecified atom stereocenters. The maximum absolute atomic E-state index is 12.1. The molecule has 0 aromatic carbocycles. The summed E-state index contributed by atoms with van der Waals surface area (Å²) in [6.07, 6.45) is 2.83. The number of hydrogen-bond acceptors (Lipinski definition) is 2. The third-order valence-corrected chi connectivity index (χ3v) is 3.87. The third kappa shape index (κ3) is 4.45. The number of nitrogens with zero attached hydrogens (tertiary/aromatic N) is 1. The van der Waals surface area contributed by atoms with Gasteiger partial charge in [-0.3, -0.25) is 4.79 Å². The molecule has 1 saturated heterocycles. The molecule has 104 valence electrons. The Morgan fingerprint density at radius 2 is 2.11 bits per heavy atom. The Bertz CT molecular complexity index is 304. The van der Waals surface area contributed by atoms with Gasteiger partial charge in [-0.2, -0.15) is 0 Å². The van der Waals surface area contributed by atoms with E-state index in [9.17, 15) is 4.79 Å². The highest BCUT2D eigenvalue weighted by molar-refractivity contribution is 5.76. The summed E-state index contributed by atoms with van der Waals surface area (Å²) in [6.45, 7) is 13.2. The molecule has 0 radical (unpaired) electrons. The minimum atomic E-state index is 0.291. The van der Waals surface area contributed by atoms with Gasteiger partial charge in [0.05, 0.1) is 0 Å². The van der Waals surface area contributed by atoms with E-state index in [-0.39, 0.29) is 0 Å². The molecule has 18 heavy (non-hydrogen) atoms. The fourth-order valence-corrected chi connectivity index (χ4v) is 2.65. The Hall–Kier alpha value is -0.830. The Labute approximate surface area is 112 Å². The zero-order valence-electron chi connectivity index (χ0n) is 12.4. The van der Waals surface area contributed by atoms with Crippen LogP contribution in [0, 0.1) is 11.3 Å². The van der Waals surface area contributed by atoms with Gasteiger partial charge in [0.1, 0.15) is 0 Å². The molecule has 1 rings (SSSR count). The van der Waals surface area contributed by atoms with Gasteiger partial charge in [-0.15, -0.1) is 0 Å². The smallest absolute Gasteiger partial charge is 0.222 e. The van der Waals surface area contributed by atoms with E-state index >= 15 is 0 Å². The van der Waals surface area contributed by atoms with Crippen LogP contribution in [0.4, 0.5) is 0 Å². The van der Waals surface area contributed by atoms with Crippen LogP contribution in [-0.2, 0) is 4.79 Å². The predicted molar refractivity (Wildman–Crippen MR) is 76.4 cm³/mol. The molecule has 1 aliphatic heterocycles. The molecule has 1 aliphatic rings. The van der Waals surface area contributed by atoms with Crippen molar-refractivity contribution in [2.45, 2.75) is 40.0 Å². The molecule has 0 aromatic rings. The van der Waals surface area contributed by atoms with Crippen LogP contribution in [0.2, 0.25) is 0 Å². The van der Waals surface area contributed by atoms with Gasteiger partial charge in [-0.05, 0) is 36.8 Å². The van der Waals surface area contributed by atoms with Crippen molar-refractivity contribution in [1.29, 1.82) is 0 Å². The summed E-state index contributed by atoms with van der Waals surface area (Å²) in [5, 5.41) is 3.08. The summed E-state index contributed by atoms with van der Waals surface area (Å²) in [5.41, 5.74) is 1.39. The van der Waals surface area contributed by atoms with E-state index < -0.39 is 0 Å². The molecule has 0 saturated carbocycles. The Balaban J connectivity index is 2.57. The lowest BCUT2D eigenvalue weighted by Crippen LogP contribution is -2.34. The number of amides is 1. The standard InChI is InChI=1S/C15H28N2O/c1-12(10-16-5)11-17-9-8-13(15(2,3)4)6-7-14(17)18/h13,16H,1,6-11H2,2-5H3. The second-order valence-corrected chi connectivity index (χ2v) is 6.49. The van der Waals surface area contributed by atoms with Gasteiger partial charge in [-0.25, -0.2) is 0 Å². The molecule has 3 heteroatoms. The van der Waals surface area contributed by atoms with Crippen molar-refractivity contribution < 1.29 is 4.79 Å². The molecule has 0 spiro atoms. The first-order valence-electron chi connectivity index (χ1n) is 6.93. The van der Waals surface area contributed by atoms with E-state index in [1.165, 1.54) is 0 Å². The first kappa shape index (κ1) is 15.2. The second kappa shape index (κ2) is 6.37. The third-order valence-electron chi connectivity index (χ3n) is 3.87. The zero-order valence-corrected chi connectivity index (χ0v) is 12.4. The van der Waals surface area contributed by atoms with Crippen LogP contribution in [0.15, 0.2) is 12.2 Å². The Morgan fingerprint density at radius 3 is 2.67 bits per heavy atom. The number of carbonyl (C=O) groups excluding carboxylic acids is 1. The summed E-state index contributed by atoms with van der Waals surface area (Å²) < 4.78 is 0. The largest absolute Gasteiger partial charge is 0.339 e. The first-order chi connectivity index (χ1) is 8.34. The van der Waals surface area contributed by atoms with Gasteiger partial charge in [-0.1, -0.05) is 27.4 Å². The highest BCUT2D eigenvalue weighted by Crippen LogP contribution is 2.34. The second-order valence-electron chi connectivity index (χ2n) is 6.49. The van der Waals surface area contributed by atoms with Gasteiger partial charge in [0.25, 0.3) is 0 Å². The number of nitrogens with one attached hydrogen (secondary N) is 1. The van der Waals surface area contributed by atoms with Crippen molar-refractivity contribution in [3.63, 3.8) is 0 Å². The minimum absolute atomic E-state index is 0.291. The highest BCUT2D eigenvalue weighted by Gasteiger charge is 2.29. The zero-order chi connectivity index (χ0) is 13.8. The molecule has 1 atom stereocenters. The average Bonchev–Trinajstić information content (AvgIpc) is 2.41. The van der Waals surface area contributed by atoms with Gasteiger partial charge in [0.2, 0.25) is 5.91 Å². The molecule has 0 aliphatic carbocycles. The Kier molecular flexibility index (Phi) is 5.39. The van der Waals surface area contributed by atoms with E-state index in [4.69, 9.17) is 0 Å². The van der Waals surface area contributed by atoms with Crippen LogP contribution in [-0.4, -0.2) is 37.5 Å². The normalized spacial score (nSPS) is 21.9. The van der Waals surface area contributed by atoms with Gasteiger partial charge in [0.15, 0.2) is 0 Å². The summed E-state index contributed by atoms with van der Waals surface area (Å²) in [6, 6.07) is 0. The number of carbonyl (C=O) groups is 1. The summed E-state index contributed by atoms with van der Waals surface area (Å²) in [5.74, 6) is 0.933. The summed E-state index contributed by atoms with van der Waals surface area (Å²) in [4.78, 5) is 14.1. The van der Waals surface area contributed by atoms with Crippen molar-refractivity contribution in [1.82, 2.24) is 10.2 Å². The fourth-order valence-electron chi connectivity index (χ4n) is 2.65. The minimum Gasteiger partial charge on any atom is -0.339 e. The monoisotopic (exact) mass is 252 g/mol. The number of rotatable bonds is 4. The number of likely N-dealkylation sites (tertiary alicyclic amines) is 1. The van der Waals surface area contributed by atoms with Crippen molar-refractivity contribution >= 4 is 5.91 Å². The van der Waals surface area contributed by atoms with E-state index in [2.05, 4.69) is 32.7 Å². The van der Waals surface area contributed by atoms with E-state index in [0.717, 1.165) is 31.5 Å². The molecule has 1 heterocycles. The van der Waals surface area contributed by atoms with E-state index in [1.54, 1.807) is 0 Å². The highest BCUT2D eigenvalue weighted by atomic mass is 16.2. The van der Waals surface area contributed by atoms with Crippen molar-refractivity contribution in [2.24, 2.45) is 11.3 Å². The lowest BCUT2D eigenvalue weighted by molar-refractivity contribution is -0.130.